The number of carbonyl (C=O) groups excluding carboxylic acids is 2. The van der Waals surface area contributed by atoms with Gasteiger partial charge in [0.1, 0.15) is 0 Å². The first-order chi connectivity index (χ1) is 44.0. The van der Waals surface area contributed by atoms with E-state index in [9.17, 15) is 88.8 Å². The highest BCUT2D eigenvalue weighted by atomic mass is 16.5. The smallest absolute Gasteiger partial charge is 0.323 e. The molecule has 5 rings (SSSR count). The number of carboxylic acids is 8. The highest BCUT2D eigenvalue weighted by molar-refractivity contribution is 6.01. The van der Waals surface area contributed by atoms with Crippen LogP contribution in [0, 0.1) is 27.1 Å². The van der Waals surface area contributed by atoms with Crippen LogP contribution >= 0.6 is 0 Å². The van der Waals surface area contributed by atoms with Crippen LogP contribution in [0.15, 0.2) is 0 Å². The maximum atomic E-state index is 11.9. The second-order valence-electron chi connectivity index (χ2n) is 27.2. The van der Waals surface area contributed by atoms with Crippen LogP contribution in [0.1, 0.15) is 353 Å². The third-order valence-electron chi connectivity index (χ3n) is 20.5. The Balaban J connectivity index is 0.000000575. The van der Waals surface area contributed by atoms with Crippen molar-refractivity contribution in [1.82, 2.24) is 0 Å². The van der Waals surface area contributed by atoms with Crippen molar-refractivity contribution >= 4 is 59.7 Å². The molecule has 8 N–H and O–H groups in total. The van der Waals surface area contributed by atoms with Crippen molar-refractivity contribution in [1.29, 1.82) is 0 Å². The summed E-state index contributed by atoms with van der Waals surface area (Å²) in [6.07, 6.45) is 49.8. The number of hydrogen-bond donors (Lipinski definition) is 8. The first-order valence-corrected chi connectivity index (χ1v) is 36.1. The summed E-state index contributed by atoms with van der Waals surface area (Å²) in [5.41, 5.74) is -7.25. The fraction of sp³-hybridized carbons (Fsp3) is 0.861. The Kier molecular flexibility index (Phi) is 45.4. The van der Waals surface area contributed by atoms with Crippen LogP contribution in [0.4, 0.5) is 0 Å². The highest BCUT2D eigenvalue weighted by Gasteiger charge is 2.49. The average Bonchev–Trinajstić information content (AvgIpc) is 0.968. The van der Waals surface area contributed by atoms with Gasteiger partial charge in [0.05, 0.1) is 14.2 Å². The molecular formula is C72H124O20. The van der Waals surface area contributed by atoms with E-state index in [1.165, 1.54) is 111 Å². The third-order valence-corrected chi connectivity index (χ3v) is 20.5. The third kappa shape index (κ3) is 30.8. The zero-order chi connectivity index (χ0) is 68.6. The minimum absolute atomic E-state index is 0.275. The number of hydrogen-bond acceptors (Lipinski definition) is 12. The summed E-state index contributed by atoms with van der Waals surface area (Å²) < 4.78 is 9.52. The van der Waals surface area contributed by atoms with Crippen LogP contribution in [-0.2, 0) is 57.4 Å². The maximum absolute atomic E-state index is 11.9. The van der Waals surface area contributed by atoms with Gasteiger partial charge in [0.2, 0.25) is 0 Å². The molecule has 0 aromatic heterocycles. The standard InChI is InChI=1S/2C15H26O4.3C14H24O4/c2*1-19-14(18)15(13(16)17)11-9-7-5-3-2-4-6-8-10-12-15;3*15-12(16)14(13(17)18)10-8-6-4-2-1-3-5-7-9-11-14/h2*2-12H2,1H3,(H,16,17);3*1-11H2,(H,15,16)(H,17,18). The van der Waals surface area contributed by atoms with Crippen LogP contribution in [0.5, 0.6) is 0 Å². The molecule has 92 heavy (non-hydrogen) atoms. The fourth-order valence-corrected chi connectivity index (χ4v) is 14.0. The Morgan fingerprint density at radius 1 is 0.174 bits per heavy atom. The van der Waals surface area contributed by atoms with Gasteiger partial charge in [-0.3, -0.25) is 47.9 Å². The van der Waals surface area contributed by atoms with Crippen molar-refractivity contribution < 1.29 is 98.3 Å². The number of methoxy groups -OCH3 is 2. The van der Waals surface area contributed by atoms with E-state index in [0.717, 1.165) is 154 Å². The fourth-order valence-electron chi connectivity index (χ4n) is 14.0. The Morgan fingerprint density at radius 2 is 0.261 bits per heavy atom. The predicted molar refractivity (Wildman–Crippen MR) is 351 cm³/mol. The Morgan fingerprint density at radius 3 is 0.348 bits per heavy atom. The summed E-state index contributed by atoms with van der Waals surface area (Å²) >= 11 is 0. The molecule has 5 aliphatic carbocycles. The van der Waals surface area contributed by atoms with E-state index >= 15 is 0 Å². The molecular weight excluding hydrogens is 1180 g/mol. The van der Waals surface area contributed by atoms with Crippen LogP contribution in [0.25, 0.3) is 0 Å². The normalized spacial score (nSPS) is 22.2. The molecule has 5 aliphatic rings. The second kappa shape index (κ2) is 49.3. The number of carboxylic acid groups (broad SMARTS) is 8. The van der Waals surface area contributed by atoms with Gasteiger partial charge in [0.25, 0.3) is 0 Å². The molecule has 0 aliphatic heterocycles. The maximum Gasteiger partial charge on any atom is 0.323 e. The zero-order valence-corrected chi connectivity index (χ0v) is 56.9. The molecule has 0 unspecified atom stereocenters. The van der Waals surface area contributed by atoms with Crippen LogP contribution < -0.4 is 0 Å². The van der Waals surface area contributed by atoms with Gasteiger partial charge in [0, 0.05) is 0 Å². The largest absolute Gasteiger partial charge is 0.480 e. The molecule has 20 heteroatoms. The van der Waals surface area contributed by atoms with Gasteiger partial charge in [-0.15, -0.1) is 0 Å². The summed E-state index contributed by atoms with van der Waals surface area (Å²) in [6, 6.07) is 0. The number of ether oxygens (including phenoxy) is 2. The molecule has 0 aromatic rings. The number of esters is 2. The van der Waals surface area contributed by atoms with Crippen molar-refractivity contribution in [2.75, 3.05) is 14.2 Å². The first kappa shape index (κ1) is 84.7. The van der Waals surface area contributed by atoms with Gasteiger partial charge in [-0.25, -0.2) is 0 Å². The quantitative estimate of drug-likeness (QED) is 0.0744. The number of aliphatic carboxylic acids is 8. The van der Waals surface area contributed by atoms with Crippen LogP contribution in [-0.4, -0.2) is 115 Å². The molecule has 20 nitrogen and oxygen atoms in total. The SMILES string of the molecule is COC(=O)C1(C(=O)O)CCCCCCCCCCC1.COC(=O)C1(C(=O)O)CCCCCCCCCCC1.O=C(O)C1(C(=O)O)CCCCCCCCCCC1.O=C(O)C1(C(=O)O)CCCCCCCCCCC1.O=C(O)C1(C(=O)O)CCCCCCCCCCC1. The van der Waals surface area contributed by atoms with Gasteiger partial charge in [-0.05, 0) is 64.2 Å². The molecule has 532 valence electrons. The van der Waals surface area contributed by atoms with Gasteiger partial charge in [-0.2, -0.15) is 0 Å². The lowest BCUT2D eigenvalue weighted by Crippen LogP contribution is -2.40. The molecule has 0 spiro atoms. The van der Waals surface area contributed by atoms with Gasteiger partial charge in [-0.1, -0.05) is 289 Å². The van der Waals surface area contributed by atoms with E-state index in [0.29, 0.717) is 64.2 Å². The average molecular weight is 1310 g/mol. The van der Waals surface area contributed by atoms with Crippen molar-refractivity contribution in [3.05, 3.63) is 0 Å². The van der Waals surface area contributed by atoms with Crippen molar-refractivity contribution in [2.45, 2.75) is 353 Å². The summed E-state index contributed by atoms with van der Waals surface area (Å²) in [5, 5.41) is 74.7. The topological polar surface area (TPSA) is 351 Å². The summed E-state index contributed by atoms with van der Waals surface area (Å²) in [4.78, 5) is 115. The van der Waals surface area contributed by atoms with Crippen molar-refractivity contribution in [3.63, 3.8) is 0 Å². The molecule has 0 aromatic carbocycles. The van der Waals surface area contributed by atoms with Crippen molar-refractivity contribution in [3.8, 4) is 0 Å². The molecule has 0 saturated heterocycles. The Bertz CT molecular complexity index is 1830. The summed E-state index contributed by atoms with van der Waals surface area (Å²) in [7, 11) is 2.56. The lowest BCUT2D eigenvalue weighted by Gasteiger charge is -2.27. The zero-order valence-electron chi connectivity index (χ0n) is 56.9. The lowest BCUT2D eigenvalue weighted by atomic mass is 9.77. The molecule has 0 amide bonds. The van der Waals surface area contributed by atoms with E-state index < -0.39 is 86.8 Å². The monoisotopic (exact) mass is 1310 g/mol. The van der Waals surface area contributed by atoms with Gasteiger partial charge >= 0.3 is 59.7 Å². The number of rotatable bonds is 10. The molecule has 0 atom stereocenters. The molecule has 0 bridgehead atoms. The highest BCUT2D eigenvalue weighted by Crippen LogP contribution is 2.39. The second-order valence-corrected chi connectivity index (χ2v) is 27.2. The van der Waals surface area contributed by atoms with E-state index in [4.69, 9.17) is 9.47 Å². The first-order valence-electron chi connectivity index (χ1n) is 36.1. The van der Waals surface area contributed by atoms with Gasteiger partial charge in [0.15, 0.2) is 27.1 Å². The number of carbonyl (C=O) groups is 10. The Hall–Kier alpha value is -5.30. The van der Waals surface area contributed by atoms with E-state index in [2.05, 4.69) is 0 Å². The van der Waals surface area contributed by atoms with Crippen LogP contribution in [0.3, 0.4) is 0 Å². The lowest BCUT2D eigenvalue weighted by molar-refractivity contribution is -0.170. The van der Waals surface area contributed by atoms with E-state index in [1.54, 1.807) is 0 Å². The van der Waals surface area contributed by atoms with Crippen LogP contribution in [0.2, 0.25) is 0 Å². The minimum Gasteiger partial charge on any atom is -0.480 e. The van der Waals surface area contributed by atoms with Crippen molar-refractivity contribution in [2.24, 2.45) is 27.1 Å². The molecule has 0 heterocycles. The summed E-state index contributed by atoms with van der Waals surface area (Å²) in [5.74, 6) is -10.1. The Labute approximate surface area is 550 Å². The predicted octanol–water partition coefficient (Wildman–Crippen LogP) is 17.4. The minimum atomic E-state index is -1.54. The molecule has 0 radical (unpaired) electrons. The van der Waals surface area contributed by atoms with E-state index in [-0.39, 0.29) is 38.5 Å². The molecule has 5 fully saturated rings. The van der Waals surface area contributed by atoms with Gasteiger partial charge < -0.3 is 50.3 Å². The van der Waals surface area contributed by atoms with E-state index in [1.807, 2.05) is 0 Å². The summed E-state index contributed by atoms with van der Waals surface area (Å²) in [6.45, 7) is 0. The molecule has 5 saturated carbocycles.